The van der Waals surface area contributed by atoms with Gasteiger partial charge in [-0.3, -0.25) is 4.57 Å². The standard InChI is InChI=1S/C24H34N8O3Si/c1-8-17-14(2)19(35-36(6,7)24(3,4)5)22(33-17)31-13-26-18-20(31)27-23(25)28-21(18)34-32-16-12-10-9-11-15(16)29-30-32/h9-14,17,19,22H,8H2,1-7H3,(H2,25,27,28)/t14-,17+,19?,22+/m0/s1. The maximum atomic E-state index is 6.92. The molecule has 11 nitrogen and oxygen atoms in total. The molecule has 4 atom stereocenters. The van der Waals surface area contributed by atoms with Gasteiger partial charge >= 0.3 is 0 Å². The van der Waals surface area contributed by atoms with E-state index >= 15 is 0 Å². The number of fused-ring (bicyclic) bond motifs is 2. The van der Waals surface area contributed by atoms with E-state index in [1.165, 1.54) is 4.85 Å². The van der Waals surface area contributed by atoms with Crippen LogP contribution >= 0.6 is 0 Å². The third kappa shape index (κ3) is 4.12. The largest absolute Gasteiger partial charge is 0.409 e. The molecular formula is C24H34N8O3Si. The zero-order valence-corrected chi connectivity index (χ0v) is 22.8. The fraction of sp³-hybridized carbons (Fsp3) is 0.542. The second kappa shape index (κ2) is 8.78. The number of benzene rings is 1. The summed E-state index contributed by atoms with van der Waals surface area (Å²) in [6, 6.07) is 7.48. The van der Waals surface area contributed by atoms with Crippen LogP contribution in [-0.4, -0.2) is 55.2 Å². The van der Waals surface area contributed by atoms with Crippen LogP contribution in [0.15, 0.2) is 30.6 Å². The summed E-state index contributed by atoms with van der Waals surface area (Å²) in [5.74, 6) is 0.443. The van der Waals surface area contributed by atoms with E-state index < -0.39 is 14.5 Å². The van der Waals surface area contributed by atoms with Crippen LogP contribution in [-0.2, 0) is 9.16 Å². The fourth-order valence-corrected chi connectivity index (χ4v) is 5.74. The van der Waals surface area contributed by atoms with Gasteiger partial charge in [0.15, 0.2) is 25.7 Å². The first-order valence-corrected chi connectivity index (χ1v) is 15.2. The molecule has 5 rings (SSSR count). The van der Waals surface area contributed by atoms with E-state index in [1.807, 2.05) is 28.8 Å². The van der Waals surface area contributed by atoms with E-state index in [9.17, 15) is 0 Å². The molecule has 0 aliphatic carbocycles. The summed E-state index contributed by atoms with van der Waals surface area (Å²) in [4.78, 5) is 20.7. The number of rotatable bonds is 6. The minimum absolute atomic E-state index is 0.0543. The Labute approximate surface area is 211 Å². The van der Waals surface area contributed by atoms with Gasteiger partial charge in [-0.1, -0.05) is 51.6 Å². The summed E-state index contributed by atoms with van der Waals surface area (Å²) in [5.41, 5.74) is 8.48. The number of nitrogens with two attached hydrogens (primary N) is 1. The molecule has 0 bridgehead atoms. The molecule has 4 aromatic rings. The molecule has 3 aromatic heterocycles. The highest BCUT2D eigenvalue weighted by atomic mass is 28.4. The van der Waals surface area contributed by atoms with Gasteiger partial charge in [0.25, 0.3) is 5.88 Å². The Balaban J connectivity index is 1.55. The van der Waals surface area contributed by atoms with Crippen molar-refractivity contribution in [1.82, 2.24) is 34.7 Å². The summed E-state index contributed by atoms with van der Waals surface area (Å²) in [7, 11) is -2.08. The van der Waals surface area contributed by atoms with E-state index in [0.29, 0.717) is 22.2 Å². The zero-order valence-electron chi connectivity index (χ0n) is 21.8. The van der Waals surface area contributed by atoms with Gasteiger partial charge in [0, 0.05) is 5.92 Å². The highest BCUT2D eigenvalue weighted by Crippen LogP contribution is 2.45. The fourth-order valence-electron chi connectivity index (χ4n) is 4.38. The monoisotopic (exact) mass is 510 g/mol. The lowest BCUT2D eigenvalue weighted by Gasteiger charge is -2.40. The van der Waals surface area contributed by atoms with Crippen LogP contribution < -0.4 is 10.6 Å². The number of ether oxygens (including phenoxy) is 1. The Morgan fingerprint density at radius 1 is 1.17 bits per heavy atom. The quantitative estimate of drug-likeness (QED) is 0.377. The molecule has 12 heteroatoms. The van der Waals surface area contributed by atoms with Crippen LogP contribution in [0.3, 0.4) is 0 Å². The average molecular weight is 511 g/mol. The van der Waals surface area contributed by atoms with Crippen LogP contribution in [0.2, 0.25) is 18.1 Å². The van der Waals surface area contributed by atoms with E-state index in [4.69, 9.17) is 19.7 Å². The first-order valence-electron chi connectivity index (χ1n) is 12.3. The van der Waals surface area contributed by atoms with Gasteiger partial charge in [-0.15, -0.1) is 5.10 Å². The minimum atomic E-state index is -2.08. The molecular weight excluding hydrogens is 476 g/mol. The van der Waals surface area contributed by atoms with Gasteiger partial charge in [-0.2, -0.15) is 9.97 Å². The molecule has 0 amide bonds. The van der Waals surface area contributed by atoms with Crippen LogP contribution in [0.25, 0.3) is 22.2 Å². The smallest absolute Gasteiger partial charge is 0.281 e. The Bertz CT molecular complexity index is 1400. The molecule has 1 unspecified atom stereocenters. The van der Waals surface area contributed by atoms with Crippen molar-refractivity contribution in [3.63, 3.8) is 0 Å². The lowest BCUT2D eigenvalue weighted by atomic mass is 9.99. The summed E-state index contributed by atoms with van der Waals surface area (Å²) >= 11 is 0. The summed E-state index contributed by atoms with van der Waals surface area (Å²) in [6.07, 6.45) is 2.07. The van der Waals surface area contributed by atoms with Crippen molar-refractivity contribution in [2.24, 2.45) is 5.92 Å². The molecule has 1 aliphatic heterocycles. The summed E-state index contributed by atoms with van der Waals surface area (Å²) in [5, 5.41) is 8.28. The van der Waals surface area contributed by atoms with Crippen molar-refractivity contribution in [3.05, 3.63) is 30.6 Å². The lowest BCUT2D eigenvalue weighted by molar-refractivity contribution is -0.0321. The number of nitrogen functional groups attached to an aromatic ring is 1. The molecule has 0 radical (unpaired) electrons. The molecule has 1 aliphatic rings. The van der Waals surface area contributed by atoms with Gasteiger partial charge in [0.1, 0.15) is 11.0 Å². The normalized spacial score (nSPS) is 23.1. The Kier molecular flexibility index (Phi) is 6.00. The predicted molar refractivity (Wildman–Crippen MR) is 139 cm³/mol. The molecule has 0 spiro atoms. The van der Waals surface area contributed by atoms with E-state index in [2.05, 4.69) is 73.0 Å². The minimum Gasteiger partial charge on any atom is -0.409 e. The van der Waals surface area contributed by atoms with Crippen LogP contribution in [0.5, 0.6) is 5.88 Å². The summed E-state index contributed by atoms with van der Waals surface area (Å²) in [6.45, 7) is 15.6. The predicted octanol–water partition coefficient (Wildman–Crippen LogP) is 4.33. The second-order valence-electron chi connectivity index (χ2n) is 10.9. The van der Waals surface area contributed by atoms with Crippen molar-refractivity contribution in [2.45, 2.75) is 77.6 Å². The highest BCUT2D eigenvalue weighted by Gasteiger charge is 2.49. The van der Waals surface area contributed by atoms with Gasteiger partial charge in [-0.05, 0) is 41.9 Å². The lowest BCUT2D eigenvalue weighted by Crippen LogP contribution is -2.46. The second-order valence-corrected chi connectivity index (χ2v) is 15.7. The molecule has 192 valence electrons. The van der Waals surface area contributed by atoms with Crippen molar-refractivity contribution in [2.75, 3.05) is 5.73 Å². The third-order valence-corrected chi connectivity index (χ3v) is 12.0. The van der Waals surface area contributed by atoms with Crippen molar-refractivity contribution >= 4 is 36.5 Å². The van der Waals surface area contributed by atoms with Gasteiger partial charge in [0.2, 0.25) is 5.95 Å². The Morgan fingerprint density at radius 3 is 2.64 bits per heavy atom. The maximum absolute atomic E-state index is 6.92. The number of hydrogen-bond acceptors (Lipinski definition) is 9. The van der Waals surface area contributed by atoms with Gasteiger partial charge < -0.3 is 19.7 Å². The van der Waals surface area contributed by atoms with Crippen molar-refractivity contribution in [1.29, 1.82) is 0 Å². The molecule has 1 fully saturated rings. The van der Waals surface area contributed by atoms with Crippen LogP contribution in [0.4, 0.5) is 5.95 Å². The van der Waals surface area contributed by atoms with Crippen LogP contribution in [0.1, 0.15) is 47.3 Å². The van der Waals surface area contributed by atoms with Gasteiger partial charge in [-0.25, -0.2) is 4.98 Å². The van der Waals surface area contributed by atoms with E-state index in [-0.39, 0.29) is 35.0 Å². The maximum Gasteiger partial charge on any atom is 0.281 e. The van der Waals surface area contributed by atoms with E-state index in [1.54, 1.807) is 6.33 Å². The number of imidazole rings is 1. The first-order chi connectivity index (χ1) is 17.0. The molecule has 1 aromatic carbocycles. The Hall–Kier alpha value is -3.09. The SMILES string of the molecule is CC[C@H]1O[C@@H](n2cnc3c(On4nnc5ccccc54)nc(N)nc32)C(O[Si](C)(C)C(C)(C)C)[C@H]1C. The average Bonchev–Trinajstić information content (AvgIpc) is 3.49. The van der Waals surface area contributed by atoms with Crippen molar-refractivity contribution in [3.8, 4) is 5.88 Å². The number of anilines is 1. The van der Waals surface area contributed by atoms with Crippen LogP contribution in [0, 0.1) is 5.92 Å². The molecule has 0 saturated carbocycles. The topological polar surface area (TPSA) is 128 Å². The number of para-hydroxylation sites is 1. The third-order valence-electron chi connectivity index (χ3n) is 7.51. The van der Waals surface area contributed by atoms with Crippen molar-refractivity contribution < 1.29 is 14.0 Å². The number of aromatic nitrogens is 7. The number of hydrogen-bond donors (Lipinski definition) is 1. The molecule has 4 heterocycles. The summed E-state index contributed by atoms with van der Waals surface area (Å²) < 4.78 is 15.4. The highest BCUT2D eigenvalue weighted by molar-refractivity contribution is 6.74. The molecule has 1 saturated heterocycles. The molecule has 2 N–H and O–H groups in total. The number of nitrogens with zero attached hydrogens (tertiary/aromatic N) is 7. The molecule has 36 heavy (non-hydrogen) atoms. The van der Waals surface area contributed by atoms with Gasteiger partial charge in [0.05, 0.1) is 18.5 Å². The van der Waals surface area contributed by atoms with E-state index in [0.717, 1.165) is 6.42 Å². The first kappa shape index (κ1) is 24.6. The Morgan fingerprint density at radius 2 is 1.92 bits per heavy atom. The zero-order chi connectivity index (χ0) is 25.8.